The Morgan fingerprint density at radius 2 is 2.05 bits per heavy atom. The average molecular weight is 381 g/mol. The highest BCUT2D eigenvalue weighted by atomic mass is 79.9. The Balaban J connectivity index is 2.32. The van der Waals surface area contributed by atoms with Crippen LogP contribution in [0.4, 0.5) is 0 Å². The van der Waals surface area contributed by atoms with Crippen LogP contribution in [-0.2, 0) is 9.05 Å². The van der Waals surface area contributed by atoms with Crippen LogP contribution >= 0.6 is 26.6 Å². The maximum absolute atomic E-state index is 12.2. The number of rotatable bonds is 4. The predicted molar refractivity (Wildman–Crippen MR) is 81.6 cm³/mol. The molecule has 110 valence electrons. The molecule has 1 aromatic rings. The van der Waals surface area contributed by atoms with Gasteiger partial charge in [0.05, 0.1) is 4.90 Å². The van der Waals surface area contributed by atoms with Crippen LogP contribution in [0.15, 0.2) is 21.5 Å². The minimum atomic E-state index is -3.90. The number of carbonyl (C=O) groups is 1. The number of amides is 1. The number of halogens is 2. The highest BCUT2D eigenvalue weighted by molar-refractivity contribution is 9.10. The summed E-state index contributed by atoms with van der Waals surface area (Å²) in [6.07, 6.45) is 2.25. The topological polar surface area (TPSA) is 63.2 Å². The molecule has 1 saturated carbocycles. The molecule has 0 aromatic heterocycles. The van der Waals surface area contributed by atoms with Gasteiger partial charge in [0, 0.05) is 26.8 Å². The van der Waals surface area contributed by atoms with Gasteiger partial charge in [0.1, 0.15) is 0 Å². The number of nitrogens with one attached hydrogen (secondary N) is 1. The SMILES string of the molecule is Cc1cc(C(=O)NC(C)C2CC2)cc(S(=O)(=O)Cl)c1Br. The largest absolute Gasteiger partial charge is 0.349 e. The monoisotopic (exact) mass is 379 g/mol. The molecular weight excluding hydrogens is 366 g/mol. The van der Waals surface area contributed by atoms with Crippen LogP contribution in [0, 0.1) is 12.8 Å². The molecule has 7 heteroatoms. The molecule has 1 amide bonds. The third kappa shape index (κ3) is 3.54. The molecule has 1 atom stereocenters. The first kappa shape index (κ1) is 15.8. The first-order chi connectivity index (χ1) is 9.20. The van der Waals surface area contributed by atoms with Crippen LogP contribution in [0.3, 0.4) is 0 Å². The van der Waals surface area contributed by atoms with Crippen LogP contribution in [0.25, 0.3) is 0 Å². The van der Waals surface area contributed by atoms with Gasteiger partial charge in [-0.15, -0.1) is 0 Å². The van der Waals surface area contributed by atoms with Crippen molar-refractivity contribution in [2.45, 2.75) is 37.6 Å². The van der Waals surface area contributed by atoms with Crippen molar-refractivity contribution in [2.75, 3.05) is 0 Å². The summed E-state index contributed by atoms with van der Waals surface area (Å²) in [5.41, 5.74) is 0.952. The van der Waals surface area contributed by atoms with Gasteiger partial charge in [-0.05, 0) is 66.2 Å². The average Bonchev–Trinajstić information content (AvgIpc) is 3.14. The summed E-state index contributed by atoms with van der Waals surface area (Å²) in [4.78, 5) is 12.1. The minimum Gasteiger partial charge on any atom is -0.349 e. The van der Waals surface area contributed by atoms with E-state index in [0.717, 1.165) is 12.8 Å². The van der Waals surface area contributed by atoms with E-state index >= 15 is 0 Å². The van der Waals surface area contributed by atoms with E-state index in [-0.39, 0.29) is 16.8 Å². The lowest BCUT2D eigenvalue weighted by atomic mass is 10.1. The fourth-order valence-electron chi connectivity index (χ4n) is 2.05. The third-order valence-electron chi connectivity index (χ3n) is 3.43. The van der Waals surface area contributed by atoms with Gasteiger partial charge in [-0.25, -0.2) is 8.42 Å². The fourth-order valence-corrected chi connectivity index (χ4v) is 4.21. The fraction of sp³-hybridized carbons (Fsp3) is 0.462. The van der Waals surface area contributed by atoms with E-state index in [9.17, 15) is 13.2 Å². The lowest BCUT2D eigenvalue weighted by Crippen LogP contribution is -2.34. The third-order valence-corrected chi connectivity index (χ3v) is 6.09. The molecule has 0 aliphatic heterocycles. The summed E-state index contributed by atoms with van der Waals surface area (Å²) in [5, 5.41) is 2.89. The highest BCUT2D eigenvalue weighted by Gasteiger charge is 2.29. The van der Waals surface area contributed by atoms with Gasteiger partial charge in [0.15, 0.2) is 0 Å². The second-order valence-corrected chi connectivity index (χ2v) is 8.47. The van der Waals surface area contributed by atoms with Gasteiger partial charge >= 0.3 is 0 Å². The maximum Gasteiger partial charge on any atom is 0.262 e. The van der Waals surface area contributed by atoms with Crippen molar-refractivity contribution >= 4 is 41.6 Å². The smallest absolute Gasteiger partial charge is 0.262 e. The zero-order valence-corrected chi connectivity index (χ0v) is 14.3. The van der Waals surface area contributed by atoms with Gasteiger partial charge < -0.3 is 5.32 Å². The van der Waals surface area contributed by atoms with E-state index in [1.165, 1.54) is 6.07 Å². The summed E-state index contributed by atoms with van der Waals surface area (Å²) >= 11 is 3.19. The zero-order chi connectivity index (χ0) is 15.1. The first-order valence-corrected chi connectivity index (χ1v) is 9.36. The molecular formula is C13H15BrClNO3S. The number of hydrogen-bond acceptors (Lipinski definition) is 3. The van der Waals surface area contributed by atoms with Crippen molar-refractivity contribution in [3.63, 3.8) is 0 Å². The molecule has 0 spiro atoms. The van der Waals surface area contributed by atoms with Crippen molar-refractivity contribution in [3.05, 3.63) is 27.7 Å². The van der Waals surface area contributed by atoms with E-state index in [1.54, 1.807) is 13.0 Å². The maximum atomic E-state index is 12.2. The van der Waals surface area contributed by atoms with Gasteiger partial charge in [-0.3, -0.25) is 4.79 Å². The molecule has 1 aliphatic rings. The van der Waals surface area contributed by atoms with E-state index < -0.39 is 9.05 Å². The van der Waals surface area contributed by atoms with Crippen molar-refractivity contribution in [1.29, 1.82) is 0 Å². The highest BCUT2D eigenvalue weighted by Crippen LogP contribution is 2.33. The van der Waals surface area contributed by atoms with E-state index in [1.807, 2.05) is 6.92 Å². The Morgan fingerprint density at radius 3 is 2.55 bits per heavy atom. The molecule has 1 unspecified atom stereocenters. The molecule has 1 N–H and O–H groups in total. The van der Waals surface area contributed by atoms with Gasteiger partial charge in [0.2, 0.25) is 0 Å². The van der Waals surface area contributed by atoms with E-state index in [2.05, 4.69) is 21.2 Å². The predicted octanol–water partition coefficient (Wildman–Crippen LogP) is 3.21. The number of hydrogen-bond donors (Lipinski definition) is 1. The molecule has 1 fully saturated rings. The molecule has 0 saturated heterocycles. The second kappa shape index (κ2) is 5.66. The molecule has 1 aromatic carbocycles. The summed E-state index contributed by atoms with van der Waals surface area (Å²) in [7, 11) is 1.49. The van der Waals surface area contributed by atoms with Crippen molar-refractivity contribution in [1.82, 2.24) is 5.32 Å². The summed E-state index contributed by atoms with van der Waals surface area (Å²) in [6, 6.07) is 3.04. The Labute approximate surface area is 131 Å². The zero-order valence-electron chi connectivity index (χ0n) is 11.1. The summed E-state index contributed by atoms with van der Waals surface area (Å²) in [6.45, 7) is 3.68. The molecule has 0 radical (unpaired) electrons. The lowest BCUT2D eigenvalue weighted by molar-refractivity contribution is 0.0935. The molecule has 4 nitrogen and oxygen atoms in total. The second-order valence-electron chi connectivity index (χ2n) is 5.14. The molecule has 0 heterocycles. The summed E-state index contributed by atoms with van der Waals surface area (Å²) < 4.78 is 23.4. The van der Waals surface area contributed by atoms with Crippen LogP contribution in [0.5, 0.6) is 0 Å². The molecule has 1 aliphatic carbocycles. The lowest BCUT2D eigenvalue weighted by Gasteiger charge is -2.14. The van der Waals surface area contributed by atoms with Gasteiger partial charge in [-0.1, -0.05) is 0 Å². The van der Waals surface area contributed by atoms with E-state index in [4.69, 9.17) is 10.7 Å². The van der Waals surface area contributed by atoms with Gasteiger partial charge in [0.25, 0.3) is 15.0 Å². The van der Waals surface area contributed by atoms with Crippen LogP contribution in [0.1, 0.15) is 35.7 Å². The quantitative estimate of drug-likeness (QED) is 0.816. The number of aryl methyl sites for hydroxylation is 1. The summed E-state index contributed by atoms with van der Waals surface area (Å²) in [5.74, 6) is 0.258. The van der Waals surface area contributed by atoms with Crippen LogP contribution < -0.4 is 5.32 Å². The molecule has 0 bridgehead atoms. The molecule has 2 rings (SSSR count). The normalized spacial score (nSPS) is 16.8. The Morgan fingerprint density at radius 1 is 1.45 bits per heavy atom. The Bertz CT molecular complexity index is 656. The van der Waals surface area contributed by atoms with E-state index in [0.29, 0.717) is 21.5 Å². The number of carbonyl (C=O) groups excluding carboxylic acids is 1. The van der Waals surface area contributed by atoms with Crippen molar-refractivity contribution in [2.24, 2.45) is 5.92 Å². The Kier molecular flexibility index (Phi) is 4.47. The van der Waals surface area contributed by atoms with Crippen molar-refractivity contribution in [3.8, 4) is 0 Å². The van der Waals surface area contributed by atoms with Crippen LogP contribution in [-0.4, -0.2) is 20.4 Å². The van der Waals surface area contributed by atoms with Crippen molar-refractivity contribution < 1.29 is 13.2 Å². The first-order valence-electron chi connectivity index (χ1n) is 6.26. The Hall–Kier alpha value is -0.590. The minimum absolute atomic E-state index is 0.0802. The molecule has 20 heavy (non-hydrogen) atoms. The standard InChI is InChI=1S/C13H15BrClNO3S/c1-7-5-10(6-11(12(7)14)20(15,18)19)13(17)16-8(2)9-3-4-9/h5-6,8-9H,3-4H2,1-2H3,(H,16,17). The van der Waals surface area contributed by atoms with Gasteiger partial charge in [-0.2, -0.15) is 0 Å². The van der Waals surface area contributed by atoms with Crippen LogP contribution in [0.2, 0.25) is 0 Å². The number of benzene rings is 1.